The van der Waals surface area contributed by atoms with Gasteiger partial charge in [0.2, 0.25) is 5.91 Å². The highest BCUT2D eigenvalue weighted by molar-refractivity contribution is 6.01. The lowest BCUT2D eigenvalue weighted by atomic mass is 10.1. The fourth-order valence-electron chi connectivity index (χ4n) is 2.35. The lowest BCUT2D eigenvalue weighted by Crippen LogP contribution is -2.07. The fraction of sp³-hybridized carbons (Fsp3) is 0.286. The van der Waals surface area contributed by atoms with E-state index in [0.717, 1.165) is 17.7 Å². The van der Waals surface area contributed by atoms with Crippen LogP contribution in [0.3, 0.4) is 0 Å². The van der Waals surface area contributed by atoms with Gasteiger partial charge >= 0.3 is 0 Å². The Kier molecular flexibility index (Phi) is 7.08. The molecule has 0 heterocycles. The standard InChI is InChI=1S/C21H25NO3/c1-4-16-7-11-18(12-8-16)22-21(23)14-10-17-9-13-19(24-5-2)20(15-17)25-6-3/h7-15H,4-6H2,1-3H3,(H,22,23). The van der Waals surface area contributed by atoms with Gasteiger partial charge in [-0.3, -0.25) is 4.79 Å². The number of carbonyl (C=O) groups excluding carboxylic acids is 1. The summed E-state index contributed by atoms with van der Waals surface area (Å²) >= 11 is 0. The van der Waals surface area contributed by atoms with E-state index in [9.17, 15) is 4.79 Å². The van der Waals surface area contributed by atoms with E-state index in [2.05, 4.69) is 12.2 Å². The summed E-state index contributed by atoms with van der Waals surface area (Å²) < 4.78 is 11.1. The average molecular weight is 339 g/mol. The van der Waals surface area contributed by atoms with Gasteiger partial charge in [-0.2, -0.15) is 0 Å². The summed E-state index contributed by atoms with van der Waals surface area (Å²) in [6.45, 7) is 7.09. The molecule has 0 unspecified atom stereocenters. The van der Waals surface area contributed by atoms with Crippen molar-refractivity contribution in [3.8, 4) is 11.5 Å². The van der Waals surface area contributed by atoms with E-state index < -0.39 is 0 Å². The van der Waals surface area contributed by atoms with E-state index in [4.69, 9.17) is 9.47 Å². The predicted octanol–water partition coefficient (Wildman–Crippen LogP) is 4.70. The van der Waals surface area contributed by atoms with Crippen molar-refractivity contribution < 1.29 is 14.3 Å². The molecule has 4 nitrogen and oxygen atoms in total. The predicted molar refractivity (Wildman–Crippen MR) is 102 cm³/mol. The monoisotopic (exact) mass is 339 g/mol. The Bertz CT molecular complexity index is 720. The Hall–Kier alpha value is -2.75. The SMILES string of the molecule is CCOc1ccc(C=CC(=O)Nc2ccc(CC)cc2)cc1OCC. The first-order chi connectivity index (χ1) is 12.2. The first kappa shape index (κ1) is 18.6. The van der Waals surface area contributed by atoms with Crippen LogP contribution in [-0.4, -0.2) is 19.1 Å². The third-order valence-electron chi connectivity index (χ3n) is 3.62. The molecule has 4 heteroatoms. The summed E-state index contributed by atoms with van der Waals surface area (Å²) in [7, 11) is 0. The molecule has 2 aromatic rings. The Morgan fingerprint density at radius 3 is 2.28 bits per heavy atom. The topological polar surface area (TPSA) is 47.6 Å². The molecule has 0 atom stereocenters. The Morgan fingerprint density at radius 1 is 0.960 bits per heavy atom. The van der Waals surface area contributed by atoms with Crippen LogP contribution in [0.15, 0.2) is 48.5 Å². The normalized spacial score (nSPS) is 10.7. The Labute approximate surface area is 149 Å². The van der Waals surface area contributed by atoms with Gasteiger partial charge in [-0.25, -0.2) is 0 Å². The molecule has 132 valence electrons. The van der Waals surface area contributed by atoms with Crippen molar-refractivity contribution in [3.63, 3.8) is 0 Å². The van der Waals surface area contributed by atoms with Crippen molar-refractivity contribution in [1.29, 1.82) is 0 Å². The highest BCUT2D eigenvalue weighted by atomic mass is 16.5. The van der Waals surface area contributed by atoms with Crippen molar-refractivity contribution in [2.75, 3.05) is 18.5 Å². The zero-order valence-corrected chi connectivity index (χ0v) is 15.0. The van der Waals surface area contributed by atoms with Crippen molar-refractivity contribution in [1.82, 2.24) is 0 Å². The van der Waals surface area contributed by atoms with Crippen LogP contribution >= 0.6 is 0 Å². The van der Waals surface area contributed by atoms with E-state index >= 15 is 0 Å². The number of benzene rings is 2. The van der Waals surface area contributed by atoms with Gasteiger partial charge in [-0.1, -0.05) is 25.1 Å². The minimum Gasteiger partial charge on any atom is -0.490 e. The third-order valence-corrected chi connectivity index (χ3v) is 3.62. The number of carbonyl (C=O) groups is 1. The molecule has 1 N–H and O–H groups in total. The molecule has 2 aromatic carbocycles. The molecule has 1 amide bonds. The maximum Gasteiger partial charge on any atom is 0.248 e. The van der Waals surface area contributed by atoms with Crippen LogP contribution in [0.25, 0.3) is 6.08 Å². The number of nitrogens with one attached hydrogen (secondary N) is 1. The molecule has 0 aliphatic carbocycles. The molecule has 0 aliphatic rings. The molecular formula is C21H25NO3. The Balaban J connectivity index is 2.04. The number of hydrogen-bond donors (Lipinski definition) is 1. The molecule has 25 heavy (non-hydrogen) atoms. The molecule has 0 spiro atoms. The number of hydrogen-bond acceptors (Lipinski definition) is 3. The van der Waals surface area contributed by atoms with Crippen LogP contribution in [0.2, 0.25) is 0 Å². The van der Waals surface area contributed by atoms with Crippen LogP contribution in [0.1, 0.15) is 31.9 Å². The second-order valence-corrected chi connectivity index (χ2v) is 5.45. The zero-order chi connectivity index (χ0) is 18.1. The molecule has 0 fully saturated rings. The first-order valence-electron chi connectivity index (χ1n) is 8.63. The number of anilines is 1. The van der Waals surface area contributed by atoms with E-state index in [0.29, 0.717) is 24.7 Å². The van der Waals surface area contributed by atoms with Gasteiger partial charge in [0.1, 0.15) is 0 Å². The average Bonchev–Trinajstić information content (AvgIpc) is 2.63. The lowest BCUT2D eigenvalue weighted by molar-refractivity contribution is -0.111. The summed E-state index contributed by atoms with van der Waals surface area (Å²) in [6, 6.07) is 13.5. The summed E-state index contributed by atoms with van der Waals surface area (Å²) in [6.07, 6.45) is 4.25. The summed E-state index contributed by atoms with van der Waals surface area (Å²) in [5.41, 5.74) is 2.91. The van der Waals surface area contributed by atoms with Crippen LogP contribution in [0.5, 0.6) is 11.5 Å². The first-order valence-corrected chi connectivity index (χ1v) is 8.63. The molecule has 0 saturated carbocycles. The highest BCUT2D eigenvalue weighted by Crippen LogP contribution is 2.29. The minimum absolute atomic E-state index is 0.170. The van der Waals surface area contributed by atoms with E-state index in [1.54, 1.807) is 6.08 Å². The third kappa shape index (κ3) is 5.68. The van der Waals surface area contributed by atoms with Crippen molar-refractivity contribution >= 4 is 17.7 Å². The summed E-state index contributed by atoms with van der Waals surface area (Å²) in [4.78, 5) is 12.1. The second kappa shape index (κ2) is 9.52. The van der Waals surface area contributed by atoms with Gasteiger partial charge in [0.05, 0.1) is 13.2 Å². The second-order valence-electron chi connectivity index (χ2n) is 5.45. The van der Waals surface area contributed by atoms with Gasteiger partial charge in [0.15, 0.2) is 11.5 Å². The van der Waals surface area contributed by atoms with Crippen LogP contribution < -0.4 is 14.8 Å². The number of amides is 1. The van der Waals surface area contributed by atoms with Gasteiger partial charge < -0.3 is 14.8 Å². The van der Waals surface area contributed by atoms with Gasteiger partial charge in [-0.15, -0.1) is 0 Å². The molecule has 0 saturated heterocycles. The van der Waals surface area contributed by atoms with Gasteiger partial charge in [0.25, 0.3) is 0 Å². The smallest absolute Gasteiger partial charge is 0.248 e. The van der Waals surface area contributed by atoms with Crippen molar-refractivity contribution in [2.24, 2.45) is 0 Å². The zero-order valence-electron chi connectivity index (χ0n) is 15.0. The van der Waals surface area contributed by atoms with E-state index in [1.165, 1.54) is 11.6 Å². The largest absolute Gasteiger partial charge is 0.490 e. The van der Waals surface area contributed by atoms with Crippen molar-refractivity contribution in [2.45, 2.75) is 27.2 Å². The lowest BCUT2D eigenvalue weighted by Gasteiger charge is -2.11. The van der Waals surface area contributed by atoms with Crippen LogP contribution in [-0.2, 0) is 11.2 Å². The molecule has 0 radical (unpaired) electrons. The minimum atomic E-state index is -0.170. The van der Waals surface area contributed by atoms with Gasteiger partial charge in [-0.05, 0) is 61.7 Å². The molecule has 0 aliphatic heterocycles. The van der Waals surface area contributed by atoms with Crippen molar-refractivity contribution in [3.05, 3.63) is 59.7 Å². The van der Waals surface area contributed by atoms with Crippen LogP contribution in [0, 0.1) is 0 Å². The molecular weight excluding hydrogens is 314 g/mol. The molecule has 0 bridgehead atoms. The van der Waals surface area contributed by atoms with E-state index in [1.807, 2.05) is 56.3 Å². The molecule has 2 rings (SSSR count). The number of rotatable bonds is 8. The number of aryl methyl sites for hydroxylation is 1. The maximum absolute atomic E-state index is 12.1. The molecule has 0 aromatic heterocycles. The highest BCUT2D eigenvalue weighted by Gasteiger charge is 2.05. The summed E-state index contributed by atoms with van der Waals surface area (Å²) in [5.74, 6) is 1.22. The summed E-state index contributed by atoms with van der Waals surface area (Å²) in [5, 5.41) is 2.85. The maximum atomic E-state index is 12.1. The quantitative estimate of drug-likeness (QED) is 0.709. The Morgan fingerprint density at radius 2 is 1.64 bits per heavy atom. The van der Waals surface area contributed by atoms with E-state index in [-0.39, 0.29) is 5.91 Å². The number of ether oxygens (including phenoxy) is 2. The fourth-order valence-corrected chi connectivity index (χ4v) is 2.35. The van der Waals surface area contributed by atoms with Gasteiger partial charge in [0, 0.05) is 11.8 Å². The van der Waals surface area contributed by atoms with Crippen LogP contribution in [0.4, 0.5) is 5.69 Å².